The molecule has 6 nitrogen and oxygen atoms in total. The fraction of sp³-hybridized carbons (Fsp3) is 0.375. The molecule has 0 bridgehead atoms. The third-order valence-corrected chi connectivity index (χ3v) is 3.50. The number of nitrogens with one attached hydrogen (secondary N) is 2. The van der Waals surface area contributed by atoms with Gasteiger partial charge in [0.05, 0.1) is 12.0 Å². The highest BCUT2D eigenvalue weighted by molar-refractivity contribution is 5.94. The number of carbonyl (C=O) groups excluding carboxylic acids is 1. The molecule has 6 heteroatoms. The molecule has 118 valence electrons. The molecule has 0 radical (unpaired) electrons. The predicted octanol–water partition coefficient (Wildman–Crippen LogP) is 1.77. The number of rotatable bonds is 6. The molecule has 2 aromatic rings. The molecule has 2 aromatic heterocycles. The Hall–Kier alpha value is -2.34. The Morgan fingerprint density at radius 3 is 2.68 bits per heavy atom. The van der Waals surface area contributed by atoms with Crippen LogP contribution in [0.25, 0.3) is 11.5 Å². The quantitative estimate of drug-likeness (QED) is 0.758. The fourth-order valence-corrected chi connectivity index (χ4v) is 2.19. The second-order valence-electron chi connectivity index (χ2n) is 5.43. The lowest BCUT2D eigenvalue weighted by atomic mass is 10.0. The average Bonchev–Trinajstić information content (AvgIpc) is 3.00. The minimum absolute atomic E-state index is 0.0169. The summed E-state index contributed by atoms with van der Waals surface area (Å²) < 4.78 is 5.20. The van der Waals surface area contributed by atoms with Crippen molar-refractivity contribution in [3.63, 3.8) is 0 Å². The van der Waals surface area contributed by atoms with Crippen LogP contribution in [-0.2, 0) is 0 Å². The lowest BCUT2D eigenvalue weighted by Gasteiger charge is -2.21. The first-order chi connectivity index (χ1) is 10.5. The van der Waals surface area contributed by atoms with Gasteiger partial charge in [0.15, 0.2) is 0 Å². The summed E-state index contributed by atoms with van der Waals surface area (Å²) in [5, 5.41) is 11.8. The second kappa shape index (κ2) is 7.09. The largest absolute Gasteiger partial charge is 0.463 e. The Bertz CT molecular complexity index is 674. The van der Waals surface area contributed by atoms with Crippen molar-refractivity contribution in [3.8, 4) is 11.5 Å². The molecule has 2 heterocycles. The summed E-state index contributed by atoms with van der Waals surface area (Å²) in [6, 6.07) is 6.37. The van der Waals surface area contributed by atoms with Gasteiger partial charge in [0.1, 0.15) is 11.3 Å². The number of pyridine rings is 1. The number of hydrogen-bond acceptors (Lipinski definition) is 4. The van der Waals surface area contributed by atoms with E-state index in [9.17, 15) is 9.59 Å². The van der Waals surface area contributed by atoms with Crippen LogP contribution < -0.4 is 10.9 Å². The van der Waals surface area contributed by atoms with Crippen molar-refractivity contribution in [1.82, 2.24) is 10.3 Å². The van der Waals surface area contributed by atoms with Crippen molar-refractivity contribution in [2.24, 2.45) is 5.92 Å². The molecule has 0 aliphatic rings. The molecule has 0 aliphatic heterocycles. The first kappa shape index (κ1) is 16.0. The Kier molecular flexibility index (Phi) is 5.16. The summed E-state index contributed by atoms with van der Waals surface area (Å²) >= 11 is 0. The van der Waals surface area contributed by atoms with E-state index in [1.807, 2.05) is 13.8 Å². The predicted molar refractivity (Wildman–Crippen MR) is 82.6 cm³/mol. The molecule has 0 aliphatic carbocycles. The van der Waals surface area contributed by atoms with Crippen LogP contribution in [0.2, 0.25) is 0 Å². The number of amides is 1. The Balaban J connectivity index is 2.18. The van der Waals surface area contributed by atoms with Gasteiger partial charge in [-0.1, -0.05) is 13.8 Å². The van der Waals surface area contributed by atoms with Gasteiger partial charge in [-0.15, -0.1) is 0 Å². The number of carbonyl (C=O) groups is 1. The number of H-pyrrole nitrogens is 1. The van der Waals surface area contributed by atoms with Gasteiger partial charge in [-0.05, 0) is 36.6 Å². The molecular weight excluding hydrogens is 284 g/mol. The van der Waals surface area contributed by atoms with Crippen molar-refractivity contribution < 1.29 is 14.3 Å². The maximum atomic E-state index is 12.2. The van der Waals surface area contributed by atoms with E-state index in [-0.39, 0.29) is 24.1 Å². The molecule has 1 amide bonds. The third kappa shape index (κ3) is 3.65. The molecule has 0 saturated heterocycles. The van der Waals surface area contributed by atoms with Gasteiger partial charge in [0.25, 0.3) is 11.5 Å². The SMILES string of the molecule is CC(C)C(CCO)NC(=O)c1ccc(-c2ccco2)[nH]c1=O. The van der Waals surface area contributed by atoms with Gasteiger partial charge in [-0.3, -0.25) is 9.59 Å². The zero-order chi connectivity index (χ0) is 16.1. The van der Waals surface area contributed by atoms with Crippen molar-refractivity contribution in [1.29, 1.82) is 0 Å². The van der Waals surface area contributed by atoms with Crippen LogP contribution in [0.3, 0.4) is 0 Å². The summed E-state index contributed by atoms with van der Waals surface area (Å²) in [7, 11) is 0. The van der Waals surface area contributed by atoms with Crippen LogP contribution >= 0.6 is 0 Å². The van der Waals surface area contributed by atoms with E-state index in [0.717, 1.165) is 0 Å². The number of aliphatic hydroxyl groups excluding tert-OH is 1. The Morgan fingerprint density at radius 1 is 1.36 bits per heavy atom. The minimum Gasteiger partial charge on any atom is -0.463 e. The highest BCUT2D eigenvalue weighted by atomic mass is 16.3. The maximum absolute atomic E-state index is 12.2. The normalized spacial score (nSPS) is 12.4. The monoisotopic (exact) mass is 304 g/mol. The molecule has 0 fully saturated rings. The summed E-state index contributed by atoms with van der Waals surface area (Å²) in [4.78, 5) is 26.9. The fourth-order valence-electron chi connectivity index (χ4n) is 2.19. The van der Waals surface area contributed by atoms with Crippen molar-refractivity contribution in [2.75, 3.05) is 6.61 Å². The van der Waals surface area contributed by atoms with E-state index in [1.165, 1.54) is 12.3 Å². The lowest BCUT2D eigenvalue weighted by molar-refractivity contribution is 0.0915. The van der Waals surface area contributed by atoms with Gasteiger partial charge in [-0.25, -0.2) is 0 Å². The maximum Gasteiger partial charge on any atom is 0.261 e. The Labute approximate surface area is 128 Å². The third-order valence-electron chi connectivity index (χ3n) is 3.50. The van der Waals surface area contributed by atoms with Gasteiger partial charge >= 0.3 is 0 Å². The second-order valence-corrected chi connectivity index (χ2v) is 5.43. The van der Waals surface area contributed by atoms with Gasteiger partial charge < -0.3 is 19.8 Å². The topological polar surface area (TPSA) is 95.3 Å². The van der Waals surface area contributed by atoms with E-state index in [4.69, 9.17) is 9.52 Å². The van der Waals surface area contributed by atoms with Crippen LogP contribution in [-0.4, -0.2) is 28.6 Å². The van der Waals surface area contributed by atoms with E-state index in [1.54, 1.807) is 18.2 Å². The van der Waals surface area contributed by atoms with Gasteiger partial charge in [-0.2, -0.15) is 0 Å². The first-order valence-electron chi connectivity index (χ1n) is 7.22. The highest BCUT2D eigenvalue weighted by Gasteiger charge is 2.19. The van der Waals surface area contributed by atoms with Crippen molar-refractivity contribution >= 4 is 5.91 Å². The van der Waals surface area contributed by atoms with Crippen LogP contribution in [0.5, 0.6) is 0 Å². The number of aromatic nitrogens is 1. The molecular formula is C16H20N2O4. The van der Waals surface area contributed by atoms with Crippen LogP contribution in [0.15, 0.2) is 39.7 Å². The smallest absolute Gasteiger partial charge is 0.261 e. The molecule has 1 atom stereocenters. The van der Waals surface area contributed by atoms with E-state index >= 15 is 0 Å². The van der Waals surface area contributed by atoms with Crippen LogP contribution in [0.4, 0.5) is 0 Å². The van der Waals surface area contributed by atoms with Crippen molar-refractivity contribution in [2.45, 2.75) is 26.3 Å². The number of aromatic amines is 1. The zero-order valence-corrected chi connectivity index (χ0v) is 12.6. The highest BCUT2D eigenvalue weighted by Crippen LogP contribution is 2.15. The zero-order valence-electron chi connectivity index (χ0n) is 12.6. The molecule has 1 unspecified atom stereocenters. The summed E-state index contributed by atoms with van der Waals surface area (Å²) in [6.07, 6.45) is 1.96. The molecule has 0 spiro atoms. The van der Waals surface area contributed by atoms with Gasteiger partial charge in [0, 0.05) is 12.6 Å². The molecule has 0 aromatic carbocycles. The van der Waals surface area contributed by atoms with Crippen molar-refractivity contribution in [3.05, 3.63) is 46.4 Å². The molecule has 0 saturated carbocycles. The van der Waals surface area contributed by atoms with Gasteiger partial charge in [0.2, 0.25) is 0 Å². The lowest BCUT2D eigenvalue weighted by Crippen LogP contribution is -2.41. The first-order valence-corrected chi connectivity index (χ1v) is 7.22. The number of hydrogen-bond donors (Lipinski definition) is 3. The number of furan rings is 1. The molecule has 22 heavy (non-hydrogen) atoms. The number of aliphatic hydroxyl groups is 1. The minimum atomic E-state index is -0.474. The van der Waals surface area contributed by atoms with Crippen LogP contribution in [0, 0.1) is 5.92 Å². The molecule has 3 N–H and O–H groups in total. The van der Waals surface area contributed by atoms with Crippen LogP contribution in [0.1, 0.15) is 30.6 Å². The van der Waals surface area contributed by atoms with E-state index in [0.29, 0.717) is 17.9 Å². The summed E-state index contributed by atoms with van der Waals surface area (Å²) in [6.45, 7) is 3.88. The average molecular weight is 304 g/mol. The van der Waals surface area contributed by atoms with E-state index in [2.05, 4.69) is 10.3 Å². The Morgan fingerprint density at radius 2 is 2.14 bits per heavy atom. The summed E-state index contributed by atoms with van der Waals surface area (Å²) in [5.74, 6) is 0.251. The summed E-state index contributed by atoms with van der Waals surface area (Å²) in [5.41, 5.74) is 0.0825. The molecule has 2 rings (SSSR count). The van der Waals surface area contributed by atoms with E-state index < -0.39 is 11.5 Å². The standard InChI is InChI=1S/C16H20N2O4/c1-10(2)12(7-8-19)17-15(20)11-5-6-13(18-16(11)21)14-4-3-9-22-14/h3-6,9-10,12,19H,7-8H2,1-2H3,(H,17,20)(H,18,21).